The van der Waals surface area contributed by atoms with Crippen molar-refractivity contribution in [1.82, 2.24) is 9.29 Å². The molecule has 2 N–H and O–H groups in total. The van der Waals surface area contributed by atoms with Crippen LogP contribution in [0.15, 0.2) is 47.5 Å². The van der Waals surface area contributed by atoms with Crippen molar-refractivity contribution in [1.29, 1.82) is 0 Å². The van der Waals surface area contributed by atoms with E-state index in [2.05, 4.69) is 10.3 Å². The molecule has 0 saturated carbocycles. The van der Waals surface area contributed by atoms with E-state index < -0.39 is 10.0 Å². The number of anilines is 1. The SMILES string of the molecule is CN(C)S(=O)(=O)c1ccc(NCc2ccc[nH]2)cc1. The number of aromatic nitrogens is 1. The maximum absolute atomic E-state index is 11.9. The van der Waals surface area contributed by atoms with Crippen molar-refractivity contribution in [3.63, 3.8) is 0 Å². The smallest absolute Gasteiger partial charge is 0.242 e. The van der Waals surface area contributed by atoms with Crippen LogP contribution in [0.2, 0.25) is 0 Å². The van der Waals surface area contributed by atoms with Gasteiger partial charge in [-0.25, -0.2) is 12.7 Å². The molecule has 0 aliphatic carbocycles. The second-order valence-electron chi connectivity index (χ2n) is 4.36. The van der Waals surface area contributed by atoms with Gasteiger partial charge in [0.2, 0.25) is 10.0 Å². The van der Waals surface area contributed by atoms with E-state index >= 15 is 0 Å². The van der Waals surface area contributed by atoms with Gasteiger partial charge in [-0.2, -0.15) is 0 Å². The third kappa shape index (κ3) is 3.15. The Bertz CT molecular complexity index is 616. The molecule has 0 fully saturated rings. The Labute approximate surface area is 113 Å². The van der Waals surface area contributed by atoms with Crippen LogP contribution in [-0.4, -0.2) is 31.8 Å². The normalized spacial score (nSPS) is 11.7. The lowest BCUT2D eigenvalue weighted by Gasteiger charge is -2.12. The molecule has 0 radical (unpaired) electrons. The Morgan fingerprint density at radius 3 is 2.37 bits per heavy atom. The number of benzene rings is 1. The van der Waals surface area contributed by atoms with Crippen LogP contribution in [-0.2, 0) is 16.6 Å². The molecule has 102 valence electrons. The molecule has 1 aromatic heterocycles. The summed E-state index contributed by atoms with van der Waals surface area (Å²) in [7, 11) is -0.311. The van der Waals surface area contributed by atoms with Crippen LogP contribution in [0.4, 0.5) is 5.69 Å². The van der Waals surface area contributed by atoms with E-state index in [9.17, 15) is 8.42 Å². The van der Waals surface area contributed by atoms with E-state index in [0.29, 0.717) is 11.4 Å². The second-order valence-corrected chi connectivity index (χ2v) is 6.51. The fraction of sp³-hybridized carbons (Fsp3) is 0.231. The molecular weight excluding hydrogens is 262 g/mol. The van der Waals surface area contributed by atoms with Crippen LogP contribution < -0.4 is 5.32 Å². The minimum atomic E-state index is -3.35. The minimum Gasteiger partial charge on any atom is -0.379 e. The molecular formula is C13H17N3O2S. The highest BCUT2D eigenvalue weighted by Crippen LogP contribution is 2.16. The summed E-state index contributed by atoms with van der Waals surface area (Å²) < 4.78 is 25.0. The zero-order valence-electron chi connectivity index (χ0n) is 10.9. The zero-order chi connectivity index (χ0) is 13.9. The van der Waals surface area contributed by atoms with Crippen molar-refractivity contribution in [3.05, 3.63) is 48.3 Å². The summed E-state index contributed by atoms with van der Waals surface area (Å²) in [5.41, 5.74) is 1.96. The lowest BCUT2D eigenvalue weighted by atomic mass is 10.3. The first kappa shape index (κ1) is 13.6. The Balaban J connectivity index is 2.07. The number of nitrogens with one attached hydrogen (secondary N) is 2. The summed E-state index contributed by atoms with van der Waals surface area (Å²) in [6.45, 7) is 0.673. The van der Waals surface area contributed by atoms with Gasteiger partial charge >= 0.3 is 0 Å². The molecule has 2 aromatic rings. The van der Waals surface area contributed by atoms with E-state index in [4.69, 9.17) is 0 Å². The van der Waals surface area contributed by atoms with Gasteiger partial charge in [0.15, 0.2) is 0 Å². The van der Waals surface area contributed by atoms with E-state index in [-0.39, 0.29) is 0 Å². The van der Waals surface area contributed by atoms with Gasteiger partial charge in [0, 0.05) is 31.7 Å². The molecule has 0 atom stereocenters. The predicted octanol–water partition coefficient (Wildman–Crippen LogP) is 1.88. The first-order valence-corrected chi connectivity index (χ1v) is 7.33. The molecule has 1 heterocycles. The van der Waals surface area contributed by atoms with Crippen LogP contribution in [0, 0.1) is 0 Å². The highest BCUT2D eigenvalue weighted by atomic mass is 32.2. The molecule has 0 aliphatic rings. The fourth-order valence-electron chi connectivity index (χ4n) is 1.63. The summed E-state index contributed by atoms with van der Waals surface area (Å²) in [4.78, 5) is 3.39. The largest absolute Gasteiger partial charge is 0.379 e. The topological polar surface area (TPSA) is 65.2 Å². The average molecular weight is 279 g/mol. The van der Waals surface area contributed by atoms with Crippen molar-refractivity contribution in [2.45, 2.75) is 11.4 Å². The van der Waals surface area contributed by atoms with Crippen molar-refractivity contribution in [2.24, 2.45) is 0 Å². The number of H-pyrrole nitrogens is 1. The van der Waals surface area contributed by atoms with E-state index in [1.54, 1.807) is 24.3 Å². The summed E-state index contributed by atoms with van der Waals surface area (Å²) in [5.74, 6) is 0. The number of sulfonamides is 1. The Morgan fingerprint density at radius 2 is 1.84 bits per heavy atom. The quantitative estimate of drug-likeness (QED) is 0.878. The maximum Gasteiger partial charge on any atom is 0.242 e. The van der Waals surface area contributed by atoms with Gasteiger partial charge in [0.1, 0.15) is 0 Å². The van der Waals surface area contributed by atoms with E-state index in [1.807, 2.05) is 18.3 Å². The number of rotatable bonds is 5. The first-order chi connectivity index (χ1) is 9.00. The number of aromatic amines is 1. The first-order valence-electron chi connectivity index (χ1n) is 5.89. The summed E-state index contributed by atoms with van der Waals surface area (Å²) in [6, 6.07) is 10.7. The molecule has 0 bridgehead atoms. The van der Waals surface area contributed by atoms with Gasteiger partial charge in [-0.05, 0) is 36.4 Å². The number of nitrogens with zero attached hydrogens (tertiary/aromatic N) is 1. The molecule has 1 aromatic carbocycles. The van der Waals surface area contributed by atoms with E-state index in [1.165, 1.54) is 18.4 Å². The van der Waals surface area contributed by atoms with Gasteiger partial charge < -0.3 is 10.3 Å². The number of hydrogen-bond acceptors (Lipinski definition) is 3. The Hall–Kier alpha value is -1.79. The third-order valence-corrected chi connectivity index (χ3v) is 4.61. The Kier molecular flexibility index (Phi) is 3.92. The van der Waals surface area contributed by atoms with Gasteiger partial charge in [-0.15, -0.1) is 0 Å². The third-order valence-electron chi connectivity index (χ3n) is 2.78. The van der Waals surface area contributed by atoms with Gasteiger partial charge in [-0.1, -0.05) is 0 Å². The van der Waals surface area contributed by atoms with Crippen molar-refractivity contribution >= 4 is 15.7 Å². The van der Waals surface area contributed by atoms with Gasteiger partial charge in [0.25, 0.3) is 0 Å². The van der Waals surface area contributed by atoms with Gasteiger partial charge in [0.05, 0.1) is 11.4 Å². The molecule has 0 spiro atoms. The minimum absolute atomic E-state index is 0.294. The monoisotopic (exact) mass is 279 g/mol. The molecule has 0 amide bonds. The van der Waals surface area contributed by atoms with Gasteiger partial charge in [-0.3, -0.25) is 0 Å². The number of hydrogen-bond donors (Lipinski definition) is 2. The molecule has 2 rings (SSSR count). The highest BCUT2D eigenvalue weighted by molar-refractivity contribution is 7.89. The molecule has 5 nitrogen and oxygen atoms in total. The molecule has 6 heteroatoms. The van der Waals surface area contributed by atoms with Crippen LogP contribution >= 0.6 is 0 Å². The predicted molar refractivity (Wildman–Crippen MR) is 75.4 cm³/mol. The molecule has 0 aliphatic heterocycles. The maximum atomic E-state index is 11.9. The van der Waals surface area contributed by atoms with Crippen LogP contribution in [0.3, 0.4) is 0 Å². The summed E-state index contributed by atoms with van der Waals surface area (Å²) >= 11 is 0. The molecule has 19 heavy (non-hydrogen) atoms. The fourth-order valence-corrected chi connectivity index (χ4v) is 2.53. The van der Waals surface area contributed by atoms with Crippen LogP contribution in [0.25, 0.3) is 0 Å². The zero-order valence-corrected chi connectivity index (χ0v) is 11.7. The highest BCUT2D eigenvalue weighted by Gasteiger charge is 2.16. The van der Waals surface area contributed by atoms with Crippen LogP contribution in [0.1, 0.15) is 5.69 Å². The molecule has 0 unspecified atom stereocenters. The second kappa shape index (κ2) is 5.46. The summed E-state index contributed by atoms with van der Waals surface area (Å²) in [5, 5.41) is 3.22. The van der Waals surface area contributed by atoms with Crippen molar-refractivity contribution in [3.8, 4) is 0 Å². The van der Waals surface area contributed by atoms with Crippen molar-refractivity contribution < 1.29 is 8.42 Å². The lowest BCUT2D eigenvalue weighted by molar-refractivity contribution is 0.521. The molecule has 0 saturated heterocycles. The summed E-state index contributed by atoms with van der Waals surface area (Å²) in [6.07, 6.45) is 1.86. The lowest BCUT2D eigenvalue weighted by Crippen LogP contribution is -2.22. The van der Waals surface area contributed by atoms with Crippen LogP contribution in [0.5, 0.6) is 0 Å². The van der Waals surface area contributed by atoms with E-state index in [0.717, 1.165) is 11.4 Å². The standard InChI is InChI=1S/C13H17N3O2S/c1-16(2)19(17,18)13-7-5-11(6-8-13)15-10-12-4-3-9-14-12/h3-9,14-15H,10H2,1-2H3. The van der Waals surface area contributed by atoms with Crippen molar-refractivity contribution in [2.75, 3.05) is 19.4 Å². The average Bonchev–Trinajstić information content (AvgIpc) is 2.90. The Morgan fingerprint density at radius 1 is 1.16 bits per heavy atom.